The number of nitrogens with two attached hydrogens (primary N) is 1. The standard InChI is InChI=1S/C16H16N2O4/c1-10-5-3-6-12(9-10)18-16(20)22-14-8-4-7-13(11(14)2)21-15(17)19/h3-9H,1-2H3,(H2,17,19)(H,18,20). The van der Waals surface area contributed by atoms with Crippen LogP contribution in [0.2, 0.25) is 0 Å². The number of hydrogen-bond acceptors (Lipinski definition) is 4. The maximum Gasteiger partial charge on any atom is 0.417 e. The van der Waals surface area contributed by atoms with Crippen molar-refractivity contribution in [3.8, 4) is 11.5 Å². The SMILES string of the molecule is Cc1cccc(NC(=O)Oc2cccc(OC(N)=O)c2C)c1. The maximum atomic E-state index is 11.9. The van der Waals surface area contributed by atoms with Crippen LogP contribution in [-0.4, -0.2) is 12.2 Å². The van der Waals surface area contributed by atoms with E-state index < -0.39 is 12.2 Å². The molecule has 0 fully saturated rings. The Balaban J connectivity index is 2.10. The lowest BCUT2D eigenvalue weighted by Crippen LogP contribution is -2.19. The normalized spacial score (nSPS) is 9.91. The van der Waals surface area contributed by atoms with Gasteiger partial charge in [-0.05, 0) is 43.7 Å². The zero-order valence-corrected chi connectivity index (χ0v) is 12.3. The summed E-state index contributed by atoms with van der Waals surface area (Å²) < 4.78 is 10.1. The minimum Gasteiger partial charge on any atom is -0.410 e. The van der Waals surface area contributed by atoms with Crippen LogP contribution in [0.4, 0.5) is 15.3 Å². The Bertz CT molecular complexity index is 713. The highest BCUT2D eigenvalue weighted by Crippen LogP contribution is 2.27. The van der Waals surface area contributed by atoms with Gasteiger partial charge in [0.15, 0.2) is 0 Å². The molecule has 6 heteroatoms. The van der Waals surface area contributed by atoms with Crippen LogP contribution in [0.1, 0.15) is 11.1 Å². The Labute approximate surface area is 127 Å². The first kappa shape index (κ1) is 15.4. The van der Waals surface area contributed by atoms with Crippen LogP contribution in [0.25, 0.3) is 0 Å². The lowest BCUT2D eigenvalue weighted by Gasteiger charge is -2.11. The van der Waals surface area contributed by atoms with Crippen molar-refractivity contribution in [2.24, 2.45) is 5.73 Å². The number of amides is 2. The van der Waals surface area contributed by atoms with Crippen LogP contribution in [0.3, 0.4) is 0 Å². The molecule has 0 bridgehead atoms. The van der Waals surface area contributed by atoms with E-state index in [1.807, 2.05) is 25.1 Å². The number of nitrogens with one attached hydrogen (secondary N) is 1. The Kier molecular flexibility index (Phi) is 4.63. The van der Waals surface area contributed by atoms with Gasteiger partial charge in [-0.1, -0.05) is 18.2 Å². The molecule has 0 heterocycles. The summed E-state index contributed by atoms with van der Waals surface area (Å²) in [6.07, 6.45) is -1.56. The van der Waals surface area contributed by atoms with E-state index in [2.05, 4.69) is 5.32 Å². The number of aryl methyl sites for hydroxylation is 1. The van der Waals surface area contributed by atoms with Crippen LogP contribution < -0.4 is 20.5 Å². The number of benzene rings is 2. The highest BCUT2D eigenvalue weighted by molar-refractivity contribution is 5.86. The van der Waals surface area contributed by atoms with Gasteiger partial charge in [0.05, 0.1) is 0 Å². The summed E-state index contributed by atoms with van der Waals surface area (Å²) >= 11 is 0. The molecule has 0 aliphatic carbocycles. The summed E-state index contributed by atoms with van der Waals surface area (Å²) in [6, 6.07) is 12.1. The van der Waals surface area contributed by atoms with E-state index in [9.17, 15) is 9.59 Å². The smallest absolute Gasteiger partial charge is 0.410 e. The number of anilines is 1. The Hall–Kier alpha value is -3.02. The molecule has 0 aromatic heterocycles. The second-order valence-corrected chi connectivity index (χ2v) is 4.68. The molecule has 22 heavy (non-hydrogen) atoms. The lowest BCUT2D eigenvalue weighted by atomic mass is 10.2. The van der Waals surface area contributed by atoms with Gasteiger partial charge in [-0.3, -0.25) is 5.32 Å². The van der Waals surface area contributed by atoms with E-state index in [0.29, 0.717) is 11.3 Å². The monoisotopic (exact) mass is 300 g/mol. The highest BCUT2D eigenvalue weighted by Gasteiger charge is 2.12. The van der Waals surface area contributed by atoms with Crippen LogP contribution in [0.15, 0.2) is 42.5 Å². The van der Waals surface area contributed by atoms with Crippen LogP contribution >= 0.6 is 0 Å². The van der Waals surface area contributed by atoms with Crippen molar-refractivity contribution in [1.29, 1.82) is 0 Å². The van der Waals surface area contributed by atoms with Gasteiger partial charge in [0, 0.05) is 11.3 Å². The third kappa shape index (κ3) is 3.99. The molecule has 0 aliphatic rings. The molecular weight excluding hydrogens is 284 g/mol. The molecule has 0 saturated carbocycles. The van der Waals surface area contributed by atoms with Crippen LogP contribution in [-0.2, 0) is 0 Å². The summed E-state index contributed by atoms with van der Waals surface area (Å²) in [5.74, 6) is 0.525. The molecule has 0 spiro atoms. The summed E-state index contributed by atoms with van der Waals surface area (Å²) in [5.41, 5.74) is 7.13. The zero-order valence-electron chi connectivity index (χ0n) is 12.3. The number of hydrogen-bond donors (Lipinski definition) is 2. The van der Waals surface area contributed by atoms with Crippen molar-refractivity contribution in [3.05, 3.63) is 53.6 Å². The fourth-order valence-corrected chi connectivity index (χ4v) is 1.89. The molecule has 2 amide bonds. The Morgan fingerprint density at radius 3 is 2.27 bits per heavy atom. The van der Waals surface area contributed by atoms with Gasteiger partial charge in [-0.2, -0.15) is 0 Å². The third-order valence-corrected chi connectivity index (χ3v) is 2.91. The number of primary amides is 1. The topological polar surface area (TPSA) is 90.7 Å². The zero-order chi connectivity index (χ0) is 16.1. The van der Waals surface area contributed by atoms with E-state index >= 15 is 0 Å². The minimum atomic E-state index is -0.926. The molecule has 2 aromatic rings. The number of ether oxygens (including phenoxy) is 2. The highest BCUT2D eigenvalue weighted by atomic mass is 16.6. The van der Waals surface area contributed by atoms with Crippen molar-refractivity contribution in [2.45, 2.75) is 13.8 Å². The van der Waals surface area contributed by atoms with Crippen molar-refractivity contribution in [3.63, 3.8) is 0 Å². The lowest BCUT2D eigenvalue weighted by molar-refractivity contribution is 0.210. The van der Waals surface area contributed by atoms with E-state index in [-0.39, 0.29) is 11.5 Å². The largest absolute Gasteiger partial charge is 0.417 e. The van der Waals surface area contributed by atoms with E-state index in [1.165, 1.54) is 0 Å². The van der Waals surface area contributed by atoms with Crippen molar-refractivity contribution >= 4 is 17.9 Å². The van der Waals surface area contributed by atoms with E-state index in [4.69, 9.17) is 15.2 Å². The fraction of sp³-hybridized carbons (Fsp3) is 0.125. The maximum absolute atomic E-state index is 11.9. The molecule has 6 nitrogen and oxygen atoms in total. The number of carbonyl (C=O) groups excluding carboxylic acids is 2. The summed E-state index contributed by atoms with van der Waals surface area (Å²) in [4.78, 5) is 22.7. The molecule has 0 radical (unpaired) electrons. The molecule has 114 valence electrons. The first-order chi connectivity index (χ1) is 10.5. The van der Waals surface area contributed by atoms with Crippen LogP contribution in [0, 0.1) is 13.8 Å². The summed E-state index contributed by atoms with van der Waals surface area (Å²) in [5, 5.41) is 2.63. The van der Waals surface area contributed by atoms with Crippen molar-refractivity contribution in [2.75, 3.05) is 5.32 Å². The molecule has 0 saturated heterocycles. The van der Waals surface area contributed by atoms with Gasteiger partial charge in [-0.15, -0.1) is 0 Å². The molecule has 0 atom stereocenters. The van der Waals surface area contributed by atoms with E-state index in [1.54, 1.807) is 31.2 Å². The second kappa shape index (κ2) is 6.62. The minimum absolute atomic E-state index is 0.244. The average molecular weight is 300 g/mol. The molecule has 0 aliphatic heterocycles. The van der Waals surface area contributed by atoms with Gasteiger partial charge >= 0.3 is 12.2 Å². The summed E-state index contributed by atoms with van der Waals surface area (Å²) in [7, 11) is 0. The predicted molar refractivity (Wildman–Crippen MR) is 82.2 cm³/mol. The fourth-order valence-electron chi connectivity index (χ4n) is 1.89. The molecular formula is C16H16N2O4. The van der Waals surface area contributed by atoms with Gasteiger partial charge in [0.25, 0.3) is 0 Å². The summed E-state index contributed by atoms with van der Waals surface area (Å²) in [6.45, 7) is 3.58. The van der Waals surface area contributed by atoms with Crippen molar-refractivity contribution in [1.82, 2.24) is 0 Å². The molecule has 3 N–H and O–H groups in total. The first-order valence-electron chi connectivity index (χ1n) is 6.58. The predicted octanol–water partition coefficient (Wildman–Crippen LogP) is 3.37. The Morgan fingerprint density at radius 1 is 1.00 bits per heavy atom. The second-order valence-electron chi connectivity index (χ2n) is 4.68. The average Bonchev–Trinajstić information content (AvgIpc) is 2.42. The van der Waals surface area contributed by atoms with Gasteiger partial charge in [0.1, 0.15) is 11.5 Å². The third-order valence-electron chi connectivity index (χ3n) is 2.91. The Morgan fingerprint density at radius 2 is 1.64 bits per heavy atom. The number of rotatable bonds is 3. The number of carbonyl (C=O) groups is 2. The van der Waals surface area contributed by atoms with Gasteiger partial charge in [-0.25, -0.2) is 9.59 Å². The van der Waals surface area contributed by atoms with Gasteiger partial charge < -0.3 is 15.2 Å². The first-order valence-corrected chi connectivity index (χ1v) is 6.58. The van der Waals surface area contributed by atoms with Crippen LogP contribution in [0.5, 0.6) is 11.5 Å². The molecule has 2 rings (SSSR count). The quantitative estimate of drug-likeness (QED) is 0.909. The molecule has 2 aromatic carbocycles. The van der Waals surface area contributed by atoms with E-state index in [0.717, 1.165) is 5.56 Å². The van der Waals surface area contributed by atoms with Crippen molar-refractivity contribution < 1.29 is 19.1 Å². The van der Waals surface area contributed by atoms with Gasteiger partial charge in [0.2, 0.25) is 0 Å². The molecule has 0 unspecified atom stereocenters.